The summed E-state index contributed by atoms with van der Waals surface area (Å²) in [5.74, 6) is 0.415. The largest absolute Gasteiger partial charge is 0.411 e. The molecule has 1 N–H and O–H groups in total. The number of amides is 1. The maximum Gasteiger partial charge on any atom is 0.411 e. The van der Waals surface area contributed by atoms with Crippen molar-refractivity contribution in [2.75, 3.05) is 59.0 Å². The van der Waals surface area contributed by atoms with Crippen molar-refractivity contribution < 1.29 is 22.7 Å². The number of halogens is 4. The SMILES string of the molecule is Cl.O=C(C1CCNCC1)N1CCN(CCCOCC(F)(F)F)CC1. The predicted molar refractivity (Wildman–Crippen MR) is 87.4 cm³/mol. The molecule has 0 aromatic heterocycles. The van der Waals surface area contributed by atoms with Crippen molar-refractivity contribution in [3.05, 3.63) is 0 Å². The second kappa shape index (κ2) is 10.4. The summed E-state index contributed by atoms with van der Waals surface area (Å²) in [6.45, 7) is 4.49. The van der Waals surface area contributed by atoms with Gasteiger partial charge < -0.3 is 15.0 Å². The average Bonchev–Trinajstić information content (AvgIpc) is 2.54. The molecule has 0 unspecified atom stereocenters. The van der Waals surface area contributed by atoms with Crippen molar-refractivity contribution in [2.24, 2.45) is 5.92 Å². The van der Waals surface area contributed by atoms with E-state index in [1.54, 1.807) is 0 Å². The van der Waals surface area contributed by atoms with Crippen molar-refractivity contribution in [3.8, 4) is 0 Å². The molecule has 9 heteroatoms. The van der Waals surface area contributed by atoms with Gasteiger partial charge in [-0.25, -0.2) is 0 Å². The molecular formula is C15H27ClF3N3O2. The number of carbonyl (C=O) groups is 1. The van der Waals surface area contributed by atoms with Crippen LogP contribution in [0.3, 0.4) is 0 Å². The molecule has 0 aliphatic carbocycles. The van der Waals surface area contributed by atoms with Gasteiger partial charge in [0.25, 0.3) is 0 Å². The predicted octanol–water partition coefficient (Wildman–Crippen LogP) is 1.52. The summed E-state index contributed by atoms with van der Waals surface area (Å²) in [5.41, 5.74) is 0. The lowest BCUT2D eigenvalue weighted by atomic mass is 9.96. The van der Waals surface area contributed by atoms with Crippen molar-refractivity contribution in [1.29, 1.82) is 0 Å². The van der Waals surface area contributed by atoms with Gasteiger partial charge in [0, 0.05) is 45.2 Å². The number of nitrogens with zero attached hydrogens (tertiary/aromatic N) is 2. The highest BCUT2D eigenvalue weighted by Gasteiger charge is 2.29. The topological polar surface area (TPSA) is 44.8 Å². The van der Waals surface area contributed by atoms with E-state index in [-0.39, 0.29) is 30.8 Å². The molecule has 0 saturated carbocycles. The van der Waals surface area contributed by atoms with Gasteiger partial charge in [0.2, 0.25) is 5.91 Å². The maximum atomic E-state index is 12.4. The second-order valence-corrected chi connectivity index (χ2v) is 6.21. The fourth-order valence-corrected chi connectivity index (χ4v) is 3.10. The van der Waals surface area contributed by atoms with Crippen LogP contribution in [-0.2, 0) is 9.53 Å². The number of piperidine rings is 1. The minimum atomic E-state index is -4.25. The first-order valence-electron chi connectivity index (χ1n) is 8.32. The van der Waals surface area contributed by atoms with E-state index in [0.717, 1.165) is 39.0 Å². The summed E-state index contributed by atoms with van der Waals surface area (Å²) in [7, 11) is 0. The lowest BCUT2D eigenvalue weighted by molar-refractivity contribution is -0.174. The minimum absolute atomic E-state index is 0. The Morgan fingerprint density at radius 3 is 2.33 bits per heavy atom. The highest BCUT2D eigenvalue weighted by atomic mass is 35.5. The molecule has 5 nitrogen and oxygen atoms in total. The molecule has 0 bridgehead atoms. The fraction of sp³-hybridized carbons (Fsp3) is 0.933. The van der Waals surface area contributed by atoms with Crippen LogP contribution >= 0.6 is 12.4 Å². The number of piperazine rings is 1. The Morgan fingerprint density at radius 1 is 1.12 bits per heavy atom. The van der Waals surface area contributed by atoms with Crippen LogP contribution in [0.25, 0.3) is 0 Å². The zero-order valence-electron chi connectivity index (χ0n) is 13.8. The molecule has 24 heavy (non-hydrogen) atoms. The first-order chi connectivity index (χ1) is 11.0. The molecule has 0 atom stereocenters. The van der Waals surface area contributed by atoms with Crippen molar-refractivity contribution in [3.63, 3.8) is 0 Å². The van der Waals surface area contributed by atoms with E-state index in [1.807, 2.05) is 4.90 Å². The monoisotopic (exact) mass is 373 g/mol. The summed E-state index contributed by atoms with van der Waals surface area (Å²) in [5, 5.41) is 3.26. The van der Waals surface area contributed by atoms with Gasteiger partial charge in [0.05, 0.1) is 0 Å². The Labute approximate surface area is 147 Å². The molecular weight excluding hydrogens is 347 g/mol. The van der Waals surface area contributed by atoms with Crippen molar-refractivity contribution >= 4 is 18.3 Å². The van der Waals surface area contributed by atoms with Gasteiger partial charge in [-0.3, -0.25) is 9.69 Å². The Kier molecular flexibility index (Phi) is 9.33. The smallest absolute Gasteiger partial charge is 0.372 e. The summed E-state index contributed by atoms with van der Waals surface area (Å²) >= 11 is 0. The standard InChI is InChI=1S/C15H26F3N3O2.ClH/c16-15(17,18)12-23-11-1-6-20-7-9-21(10-8-20)14(22)13-2-4-19-5-3-13;/h13,19H,1-12H2;1H. The molecule has 2 saturated heterocycles. The van der Waals surface area contributed by atoms with E-state index in [1.165, 1.54) is 0 Å². The third-order valence-electron chi connectivity index (χ3n) is 4.40. The second-order valence-electron chi connectivity index (χ2n) is 6.21. The van der Waals surface area contributed by atoms with Crippen LogP contribution in [0.15, 0.2) is 0 Å². The molecule has 2 fully saturated rings. The first-order valence-corrected chi connectivity index (χ1v) is 8.32. The van der Waals surface area contributed by atoms with Crippen LogP contribution in [0.5, 0.6) is 0 Å². The lowest BCUT2D eigenvalue weighted by Gasteiger charge is -2.37. The van der Waals surface area contributed by atoms with Crippen LogP contribution in [0, 0.1) is 5.92 Å². The molecule has 0 radical (unpaired) electrons. The number of nitrogens with one attached hydrogen (secondary N) is 1. The molecule has 0 aromatic rings. The average molecular weight is 374 g/mol. The zero-order chi connectivity index (χ0) is 16.7. The molecule has 2 heterocycles. The number of rotatable bonds is 6. The van der Waals surface area contributed by atoms with Gasteiger partial charge in [-0.05, 0) is 32.4 Å². The molecule has 1 amide bonds. The fourth-order valence-electron chi connectivity index (χ4n) is 3.10. The van der Waals surface area contributed by atoms with E-state index in [4.69, 9.17) is 0 Å². The van der Waals surface area contributed by atoms with Crippen molar-refractivity contribution in [1.82, 2.24) is 15.1 Å². The Bertz CT molecular complexity index is 371. The van der Waals surface area contributed by atoms with Crippen LogP contribution in [-0.4, -0.2) is 80.9 Å². The lowest BCUT2D eigenvalue weighted by Crippen LogP contribution is -2.51. The Morgan fingerprint density at radius 2 is 1.75 bits per heavy atom. The number of hydrogen-bond acceptors (Lipinski definition) is 4. The number of ether oxygens (including phenoxy) is 1. The van der Waals surface area contributed by atoms with Crippen LogP contribution in [0.1, 0.15) is 19.3 Å². The molecule has 0 spiro atoms. The molecule has 0 aromatic carbocycles. The normalized spacial score (nSPS) is 20.7. The number of carbonyl (C=O) groups excluding carboxylic acids is 1. The zero-order valence-corrected chi connectivity index (χ0v) is 14.6. The van der Waals surface area contributed by atoms with E-state index in [9.17, 15) is 18.0 Å². The van der Waals surface area contributed by atoms with Gasteiger partial charge in [-0.1, -0.05) is 0 Å². The van der Waals surface area contributed by atoms with Crippen molar-refractivity contribution in [2.45, 2.75) is 25.4 Å². The number of alkyl halides is 3. The first kappa shape index (κ1) is 21.5. The third kappa shape index (κ3) is 7.55. The molecule has 2 aliphatic heterocycles. The number of hydrogen-bond donors (Lipinski definition) is 1. The van der Waals surface area contributed by atoms with Gasteiger partial charge in [0.15, 0.2) is 0 Å². The highest BCUT2D eigenvalue weighted by molar-refractivity contribution is 5.85. The Hall–Kier alpha value is -0.570. The van der Waals surface area contributed by atoms with Crippen LogP contribution < -0.4 is 5.32 Å². The van der Waals surface area contributed by atoms with E-state index in [2.05, 4.69) is 15.0 Å². The van der Waals surface area contributed by atoms with E-state index in [0.29, 0.717) is 26.1 Å². The van der Waals surface area contributed by atoms with E-state index < -0.39 is 12.8 Å². The third-order valence-corrected chi connectivity index (χ3v) is 4.40. The van der Waals surface area contributed by atoms with Gasteiger partial charge in [-0.15, -0.1) is 12.4 Å². The Balaban J connectivity index is 0.00000288. The minimum Gasteiger partial charge on any atom is -0.372 e. The van der Waals surface area contributed by atoms with Crippen LogP contribution in [0.4, 0.5) is 13.2 Å². The molecule has 2 rings (SSSR count). The summed E-state index contributed by atoms with van der Waals surface area (Å²) in [6, 6.07) is 0. The maximum absolute atomic E-state index is 12.4. The quantitative estimate of drug-likeness (QED) is 0.717. The summed E-state index contributed by atoms with van der Waals surface area (Å²) < 4.78 is 40.4. The molecule has 2 aliphatic rings. The summed E-state index contributed by atoms with van der Waals surface area (Å²) in [4.78, 5) is 16.5. The van der Waals surface area contributed by atoms with Gasteiger partial charge in [-0.2, -0.15) is 13.2 Å². The molecule has 142 valence electrons. The van der Waals surface area contributed by atoms with E-state index >= 15 is 0 Å². The van der Waals surface area contributed by atoms with Gasteiger partial charge >= 0.3 is 6.18 Å². The van der Waals surface area contributed by atoms with Gasteiger partial charge in [0.1, 0.15) is 6.61 Å². The van der Waals surface area contributed by atoms with Crippen LogP contribution in [0.2, 0.25) is 0 Å². The highest BCUT2D eigenvalue weighted by Crippen LogP contribution is 2.17. The summed E-state index contributed by atoms with van der Waals surface area (Å²) in [6.07, 6.45) is -1.84.